The van der Waals surface area contributed by atoms with Gasteiger partial charge in [0.05, 0.1) is 21.6 Å². The van der Waals surface area contributed by atoms with Gasteiger partial charge in [-0.2, -0.15) is 5.10 Å². The predicted octanol–water partition coefficient (Wildman–Crippen LogP) is 2.00. The number of fused-ring (bicyclic) bond motifs is 1. The molecule has 1 aliphatic rings. The van der Waals surface area contributed by atoms with Crippen molar-refractivity contribution in [1.82, 2.24) is 19.7 Å². The highest BCUT2D eigenvalue weighted by Gasteiger charge is 2.48. The van der Waals surface area contributed by atoms with Crippen LogP contribution in [0.25, 0.3) is 11.0 Å². The van der Waals surface area contributed by atoms with Crippen LogP contribution in [-0.4, -0.2) is 59.3 Å². The first-order valence-corrected chi connectivity index (χ1v) is 10.2. The number of nitrogens with zero attached hydrogens (tertiary/aromatic N) is 4. The Morgan fingerprint density at radius 2 is 2.00 bits per heavy atom. The van der Waals surface area contributed by atoms with Crippen molar-refractivity contribution >= 4 is 46.0 Å². The summed E-state index contributed by atoms with van der Waals surface area (Å²) in [7, 11) is 0. The summed E-state index contributed by atoms with van der Waals surface area (Å²) in [6, 6.07) is 4.51. The van der Waals surface area contributed by atoms with Gasteiger partial charge in [-0.3, -0.25) is 4.79 Å². The lowest BCUT2D eigenvalue weighted by molar-refractivity contribution is -0.112. The third-order valence-electron chi connectivity index (χ3n) is 5.12. The SMILES string of the molecule is C=C(C)C(=O)Nc1ncnc2c1cnn2[C@@H]1O[C@H]([C@H](O)c2ccc(Cl)c(Cl)c2)[C@@H](O)[C@H]1O. The van der Waals surface area contributed by atoms with E-state index < -0.39 is 36.6 Å². The lowest BCUT2D eigenvalue weighted by Crippen LogP contribution is -2.35. The molecule has 3 heterocycles. The fourth-order valence-corrected chi connectivity index (χ4v) is 3.70. The standard InChI is InChI=1S/C20H19Cl2N5O5/c1-8(2)19(31)26-17-10-6-25-27(18(10)24-7-23-17)20-15(30)14(29)16(32-20)13(28)9-3-4-11(21)12(22)5-9/h3-7,13-16,20,28-30H,1H2,2H3,(H,23,24,26,31)/t13-,14+,15-,16-,20-/m1/s1. The van der Waals surface area contributed by atoms with Crippen molar-refractivity contribution in [2.75, 3.05) is 5.32 Å². The summed E-state index contributed by atoms with van der Waals surface area (Å²) in [6.45, 7) is 5.14. The maximum absolute atomic E-state index is 12.0. The van der Waals surface area contributed by atoms with Gasteiger partial charge in [-0.25, -0.2) is 14.6 Å². The molecular formula is C20H19Cl2N5O5. The summed E-state index contributed by atoms with van der Waals surface area (Å²) >= 11 is 11.9. The van der Waals surface area contributed by atoms with Gasteiger partial charge in [-0.05, 0) is 24.6 Å². The predicted molar refractivity (Wildman–Crippen MR) is 116 cm³/mol. The van der Waals surface area contributed by atoms with Gasteiger partial charge < -0.3 is 25.4 Å². The molecule has 0 unspecified atom stereocenters. The number of aliphatic hydroxyl groups is 3. The molecule has 32 heavy (non-hydrogen) atoms. The summed E-state index contributed by atoms with van der Waals surface area (Å²) in [4.78, 5) is 20.2. The number of rotatable bonds is 5. The second kappa shape index (κ2) is 8.74. The van der Waals surface area contributed by atoms with E-state index in [4.69, 9.17) is 27.9 Å². The van der Waals surface area contributed by atoms with E-state index in [1.807, 2.05) is 0 Å². The van der Waals surface area contributed by atoms with E-state index >= 15 is 0 Å². The Labute approximate surface area is 192 Å². The molecule has 0 bridgehead atoms. The highest BCUT2D eigenvalue weighted by molar-refractivity contribution is 6.42. The number of nitrogens with one attached hydrogen (secondary N) is 1. The first-order valence-electron chi connectivity index (χ1n) is 9.48. The van der Waals surface area contributed by atoms with Crippen molar-refractivity contribution in [3.05, 3.63) is 58.5 Å². The number of benzene rings is 1. The molecule has 0 saturated carbocycles. The van der Waals surface area contributed by atoms with Crippen LogP contribution in [0.5, 0.6) is 0 Å². The number of amides is 1. The monoisotopic (exact) mass is 479 g/mol. The topological polar surface area (TPSA) is 143 Å². The largest absolute Gasteiger partial charge is 0.387 e. The minimum atomic E-state index is -1.44. The average molecular weight is 480 g/mol. The molecule has 168 valence electrons. The van der Waals surface area contributed by atoms with Crippen LogP contribution >= 0.6 is 23.2 Å². The van der Waals surface area contributed by atoms with E-state index in [1.54, 1.807) is 13.0 Å². The Morgan fingerprint density at radius 1 is 1.25 bits per heavy atom. The lowest BCUT2D eigenvalue weighted by Gasteiger charge is -2.21. The number of hydrogen-bond acceptors (Lipinski definition) is 8. The minimum absolute atomic E-state index is 0.203. The van der Waals surface area contributed by atoms with E-state index in [9.17, 15) is 20.1 Å². The van der Waals surface area contributed by atoms with Crippen molar-refractivity contribution in [1.29, 1.82) is 0 Å². The molecule has 10 nitrogen and oxygen atoms in total. The van der Waals surface area contributed by atoms with Gasteiger partial charge in [-0.15, -0.1) is 0 Å². The third-order valence-corrected chi connectivity index (χ3v) is 5.86. The molecule has 0 aliphatic carbocycles. The van der Waals surface area contributed by atoms with Gasteiger partial charge in [0.1, 0.15) is 36.6 Å². The number of anilines is 1. The smallest absolute Gasteiger partial charge is 0.251 e. The zero-order valence-electron chi connectivity index (χ0n) is 16.7. The Kier molecular flexibility index (Phi) is 6.17. The van der Waals surface area contributed by atoms with Gasteiger partial charge in [0.2, 0.25) is 0 Å². The van der Waals surface area contributed by atoms with Gasteiger partial charge in [0.25, 0.3) is 5.91 Å². The fourth-order valence-electron chi connectivity index (χ4n) is 3.40. The molecule has 0 radical (unpaired) electrons. The molecule has 4 N–H and O–H groups in total. The highest BCUT2D eigenvalue weighted by Crippen LogP contribution is 2.38. The molecule has 1 aromatic carbocycles. The van der Waals surface area contributed by atoms with Gasteiger partial charge in [-0.1, -0.05) is 35.8 Å². The van der Waals surface area contributed by atoms with Crippen LogP contribution in [0, 0.1) is 0 Å². The van der Waals surface area contributed by atoms with Crippen molar-refractivity contribution in [3.8, 4) is 0 Å². The maximum Gasteiger partial charge on any atom is 0.251 e. The van der Waals surface area contributed by atoms with Crippen LogP contribution in [0.1, 0.15) is 24.8 Å². The highest BCUT2D eigenvalue weighted by atomic mass is 35.5. The van der Waals surface area contributed by atoms with E-state index in [0.29, 0.717) is 21.5 Å². The molecule has 0 spiro atoms. The summed E-state index contributed by atoms with van der Waals surface area (Å²) in [5.41, 5.74) is 0.896. The first-order chi connectivity index (χ1) is 15.2. The van der Waals surface area contributed by atoms with E-state index in [1.165, 1.54) is 29.3 Å². The molecule has 2 aromatic heterocycles. The second-order valence-electron chi connectivity index (χ2n) is 7.37. The van der Waals surface area contributed by atoms with Crippen LogP contribution in [0.15, 0.2) is 42.9 Å². The Morgan fingerprint density at radius 3 is 2.69 bits per heavy atom. The van der Waals surface area contributed by atoms with Crippen molar-refractivity contribution in [2.24, 2.45) is 0 Å². The second-order valence-corrected chi connectivity index (χ2v) is 8.19. The number of carbonyl (C=O) groups is 1. The Balaban J connectivity index is 1.63. The van der Waals surface area contributed by atoms with Crippen LogP contribution in [-0.2, 0) is 9.53 Å². The van der Waals surface area contributed by atoms with Gasteiger partial charge in [0.15, 0.2) is 11.9 Å². The van der Waals surface area contributed by atoms with Crippen molar-refractivity contribution < 1.29 is 24.9 Å². The van der Waals surface area contributed by atoms with Crippen molar-refractivity contribution in [2.45, 2.75) is 37.6 Å². The number of carbonyl (C=O) groups excluding carboxylic acids is 1. The van der Waals surface area contributed by atoms with E-state index in [2.05, 4.69) is 27.0 Å². The molecule has 4 rings (SSSR count). The number of halogens is 2. The molecule has 1 amide bonds. The average Bonchev–Trinajstić information content (AvgIpc) is 3.31. The van der Waals surface area contributed by atoms with Gasteiger partial charge >= 0.3 is 0 Å². The van der Waals surface area contributed by atoms with Crippen LogP contribution in [0.2, 0.25) is 10.0 Å². The molecule has 1 aliphatic heterocycles. The number of hydrogen-bond donors (Lipinski definition) is 4. The zero-order valence-corrected chi connectivity index (χ0v) is 18.2. The quantitative estimate of drug-likeness (QED) is 0.406. The van der Waals surface area contributed by atoms with Gasteiger partial charge in [0, 0.05) is 5.57 Å². The lowest BCUT2D eigenvalue weighted by atomic mass is 9.99. The van der Waals surface area contributed by atoms with Crippen molar-refractivity contribution in [3.63, 3.8) is 0 Å². The zero-order chi connectivity index (χ0) is 23.2. The van der Waals surface area contributed by atoms with Crippen LogP contribution in [0.3, 0.4) is 0 Å². The maximum atomic E-state index is 12.0. The molecule has 1 fully saturated rings. The molecule has 3 aromatic rings. The van der Waals surface area contributed by atoms with E-state index in [-0.39, 0.29) is 16.5 Å². The number of ether oxygens (including phenoxy) is 1. The normalized spacial score (nSPS) is 23.9. The van der Waals surface area contributed by atoms with Crippen LogP contribution < -0.4 is 5.32 Å². The summed E-state index contributed by atoms with van der Waals surface area (Å²) in [5, 5.41) is 39.6. The fraction of sp³-hybridized carbons (Fsp3) is 0.300. The molecule has 12 heteroatoms. The molecule has 1 saturated heterocycles. The Bertz CT molecular complexity index is 1200. The number of aliphatic hydroxyl groups excluding tert-OH is 3. The summed E-state index contributed by atoms with van der Waals surface area (Å²) in [5.74, 6) is -0.218. The molecular weight excluding hydrogens is 461 g/mol. The first kappa shape index (κ1) is 22.6. The molecule has 5 atom stereocenters. The summed E-state index contributed by atoms with van der Waals surface area (Å²) in [6.07, 6.45) is -3.90. The number of aromatic nitrogens is 4. The van der Waals surface area contributed by atoms with E-state index in [0.717, 1.165) is 0 Å². The third kappa shape index (κ3) is 3.96. The minimum Gasteiger partial charge on any atom is -0.387 e. The summed E-state index contributed by atoms with van der Waals surface area (Å²) < 4.78 is 7.05. The Hall–Kier alpha value is -2.60. The van der Waals surface area contributed by atoms with Crippen LogP contribution in [0.4, 0.5) is 5.82 Å².